The molecule has 0 aliphatic carbocycles. The molecule has 6 heteroatoms. The highest BCUT2D eigenvalue weighted by molar-refractivity contribution is 5.81. The Hall–Kier alpha value is -1.79. The second-order valence-electron chi connectivity index (χ2n) is 6.15. The van der Waals surface area contributed by atoms with Crippen LogP contribution in [0, 0.1) is 0 Å². The van der Waals surface area contributed by atoms with Gasteiger partial charge in [-0.1, -0.05) is 12.1 Å². The monoisotopic (exact) mass is 319 g/mol. The third kappa shape index (κ3) is 4.36. The summed E-state index contributed by atoms with van der Waals surface area (Å²) in [7, 11) is 2.15. The van der Waals surface area contributed by atoms with Gasteiger partial charge >= 0.3 is 0 Å². The van der Waals surface area contributed by atoms with Gasteiger partial charge in [0, 0.05) is 32.7 Å². The van der Waals surface area contributed by atoms with Gasteiger partial charge in [-0.2, -0.15) is 0 Å². The fraction of sp³-hybridized carbons (Fsp3) is 0.588. The van der Waals surface area contributed by atoms with Crippen LogP contribution in [0.2, 0.25) is 0 Å². The smallest absolute Gasteiger partial charge is 0.264 e. The van der Waals surface area contributed by atoms with E-state index in [9.17, 15) is 4.79 Å². The number of fused-ring (bicyclic) bond motifs is 1. The molecule has 1 saturated heterocycles. The lowest BCUT2D eigenvalue weighted by Crippen LogP contribution is -2.46. The second-order valence-corrected chi connectivity index (χ2v) is 6.15. The van der Waals surface area contributed by atoms with Crippen molar-refractivity contribution < 1.29 is 14.3 Å². The number of hydrogen-bond donors (Lipinski definition) is 1. The van der Waals surface area contributed by atoms with E-state index in [1.165, 1.54) is 0 Å². The van der Waals surface area contributed by atoms with E-state index in [0.29, 0.717) is 18.0 Å². The Balaban J connectivity index is 1.35. The van der Waals surface area contributed by atoms with Crippen LogP contribution in [0.3, 0.4) is 0 Å². The van der Waals surface area contributed by atoms with E-state index in [-0.39, 0.29) is 12.5 Å². The van der Waals surface area contributed by atoms with E-state index < -0.39 is 6.10 Å². The van der Waals surface area contributed by atoms with Crippen LogP contribution < -0.4 is 14.8 Å². The first-order valence-electron chi connectivity index (χ1n) is 8.29. The van der Waals surface area contributed by atoms with Crippen molar-refractivity contribution in [2.24, 2.45) is 0 Å². The number of likely N-dealkylation sites (N-methyl/N-ethyl adjacent to an activating group) is 1. The van der Waals surface area contributed by atoms with E-state index in [1.807, 2.05) is 24.3 Å². The first kappa shape index (κ1) is 16.1. The number of rotatable bonds is 5. The number of para-hydroxylation sites is 2. The number of piperazine rings is 1. The van der Waals surface area contributed by atoms with Crippen molar-refractivity contribution in [2.45, 2.75) is 12.5 Å². The Labute approximate surface area is 137 Å². The predicted molar refractivity (Wildman–Crippen MR) is 87.9 cm³/mol. The minimum Gasteiger partial charge on any atom is -0.485 e. The predicted octanol–water partition coefficient (Wildman–Crippen LogP) is 0.580. The van der Waals surface area contributed by atoms with Gasteiger partial charge in [0.05, 0.1) is 0 Å². The lowest BCUT2D eigenvalue weighted by atomic mass is 10.2. The molecular formula is C17H25N3O3. The van der Waals surface area contributed by atoms with Crippen molar-refractivity contribution in [3.8, 4) is 11.5 Å². The minimum atomic E-state index is -0.562. The molecule has 0 bridgehead atoms. The molecule has 0 aromatic heterocycles. The van der Waals surface area contributed by atoms with Crippen LogP contribution >= 0.6 is 0 Å². The van der Waals surface area contributed by atoms with E-state index in [0.717, 1.165) is 39.1 Å². The maximum atomic E-state index is 12.2. The average Bonchev–Trinajstić information content (AvgIpc) is 2.59. The molecule has 1 atom stereocenters. The summed E-state index contributed by atoms with van der Waals surface area (Å²) < 4.78 is 11.3. The number of nitrogens with zero attached hydrogens (tertiary/aromatic N) is 2. The molecule has 2 aliphatic rings. The van der Waals surface area contributed by atoms with Crippen LogP contribution in [0.1, 0.15) is 6.42 Å². The molecule has 126 valence electrons. The van der Waals surface area contributed by atoms with Crippen molar-refractivity contribution in [1.82, 2.24) is 15.1 Å². The van der Waals surface area contributed by atoms with Crippen LogP contribution in [0.5, 0.6) is 11.5 Å². The topological polar surface area (TPSA) is 54.0 Å². The largest absolute Gasteiger partial charge is 0.485 e. The first-order chi connectivity index (χ1) is 11.2. The lowest BCUT2D eigenvalue weighted by molar-refractivity contribution is -0.130. The molecule has 0 radical (unpaired) electrons. The normalized spacial score (nSPS) is 21.9. The summed E-state index contributed by atoms with van der Waals surface area (Å²) in [6.07, 6.45) is 0.396. The van der Waals surface area contributed by atoms with E-state index in [1.54, 1.807) is 0 Å². The summed E-state index contributed by atoms with van der Waals surface area (Å²) in [6, 6.07) is 7.43. The van der Waals surface area contributed by atoms with Crippen molar-refractivity contribution in [1.29, 1.82) is 0 Å². The van der Waals surface area contributed by atoms with Crippen molar-refractivity contribution in [2.75, 3.05) is 52.9 Å². The van der Waals surface area contributed by atoms with Gasteiger partial charge in [-0.15, -0.1) is 0 Å². The van der Waals surface area contributed by atoms with Gasteiger partial charge in [-0.05, 0) is 32.1 Å². The maximum absolute atomic E-state index is 12.2. The highest BCUT2D eigenvalue weighted by atomic mass is 16.6. The van der Waals surface area contributed by atoms with Gasteiger partial charge < -0.3 is 24.6 Å². The average molecular weight is 319 g/mol. The molecule has 1 amide bonds. The molecule has 0 saturated carbocycles. The summed E-state index contributed by atoms with van der Waals surface area (Å²) in [5.41, 5.74) is 0. The van der Waals surface area contributed by atoms with Crippen molar-refractivity contribution in [3.63, 3.8) is 0 Å². The zero-order valence-corrected chi connectivity index (χ0v) is 13.7. The fourth-order valence-electron chi connectivity index (χ4n) is 2.85. The molecule has 3 rings (SSSR count). The molecule has 1 N–H and O–H groups in total. The summed E-state index contributed by atoms with van der Waals surface area (Å²) in [6.45, 7) is 6.44. The van der Waals surface area contributed by atoms with Crippen LogP contribution in [0.4, 0.5) is 0 Å². The number of ether oxygens (including phenoxy) is 2. The number of carbonyl (C=O) groups is 1. The van der Waals surface area contributed by atoms with E-state index >= 15 is 0 Å². The van der Waals surface area contributed by atoms with Gasteiger partial charge in [0.1, 0.15) is 6.61 Å². The van der Waals surface area contributed by atoms with Gasteiger partial charge in [0.2, 0.25) is 6.10 Å². The SMILES string of the molecule is CN1CCN(CCCNC(=O)[C@H]2COc3ccccc3O2)CC1. The first-order valence-corrected chi connectivity index (χ1v) is 8.29. The summed E-state index contributed by atoms with van der Waals surface area (Å²) in [4.78, 5) is 17.0. The van der Waals surface area contributed by atoms with E-state index in [2.05, 4.69) is 22.2 Å². The van der Waals surface area contributed by atoms with Crippen LogP contribution in [-0.4, -0.2) is 74.7 Å². The van der Waals surface area contributed by atoms with Crippen LogP contribution in [-0.2, 0) is 4.79 Å². The standard InChI is InChI=1S/C17H25N3O3/c1-19-9-11-20(12-10-19)8-4-7-18-17(21)16-13-22-14-5-2-3-6-15(14)23-16/h2-3,5-6,16H,4,7-13H2,1H3,(H,18,21)/t16-/m1/s1. The lowest BCUT2D eigenvalue weighted by Gasteiger charge is -2.32. The highest BCUT2D eigenvalue weighted by Crippen LogP contribution is 2.30. The van der Waals surface area contributed by atoms with Gasteiger partial charge in [0.25, 0.3) is 5.91 Å². The molecular weight excluding hydrogens is 294 g/mol. The zero-order valence-electron chi connectivity index (χ0n) is 13.7. The third-order valence-electron chi connectivity index (χ3n) is 4.35. The Bertz CT molecular complexity index is 530. The maximum Gasteiger partial charge on any atom is 0.264 e. The zero-order chi connectivity index (χ0) is 16.1. The van der Waals surface area contributed by atoms with Crippen molar-refractivity contribution in [3.05, 3.63) is 24.3 Å². The van der Waals surface area contributed by atoms with Crippen molar-refractivity contribution >= 4 is 5.91 Å². The Morgan fingerprint density at radius 3 is 2.74 bits per heavy atom. The Morgan fingerprint density at radius 2 is 1.96 bits per heavy atom. The third-order valence-corrected chi connectivity index (χ3v) is 4.35. The molecule has 2 aliphatic heterocycles. The van der Waals surface area contributed by atoms with Gasteiger partial charge in [-0.3, -0.25) is 4.79 Å². The van der Waals surface area contributed by atoms with E-state index in [4.69, 9.17) is 9.47 Å². The van der Waals surface area contributed by atoms with Gasteiger partial charge in [0.15, 0.2) is 11.5 Å². The molecule has 0 unspecified atom stereocenters. The highest BCUT2D eigenvalue weighted by Gasteiger charge is 2.26. The van der Waals surface area contributed by atoms with Gasteiger partial charge in [-0.25, -0.2) is 0 Å². The quantitative estimate of drug-likeness (QED) is 0.805. The fourth-order valence-corrected chi connectivity index (χ4v) is 2.85. The molecule has 1 aromatic rings. The Kier molecular flexibility index (Phi) is 5.35. The minimum absolute atomic E-state index is 0.0992. The second kappa shape index (κ2) is 7.66. The van der Waals surface area contributed by atoms with Crippen LogP contribution in [0.15, 0.2) is 24.3 Å². The molecule has 23 heavy (non-hydrogen) atoms. The molecule has 0 spiro atoms. The van der Waals surface area contributed by atoms with Crippen LogP contribution in [0.25, 0.3) is 0 Å². The summed E-state index contributed by atoms with van der Waals surface area (Å²) >= 11 is 0. The number of amides is 1. The number of hydrogen-bond acceptors (Lipinski definition) is 5. The summed E-state index contributed by atoms with van der Waals surface area (Å²) in [5, 5.41) is 2.95. The molecule has 6 nitrogen and oxygen atoms in total. The number of carbonyl (C=O) groups excluding carboxylic acids is 1. The molecule has 2 heterocycles. The molecule has 1 aromatic carbocycles. The Morgan fingerprint density at radius 1 is 1.22 bits per heavy atom. The summed E-state index contributed by atoms with van der Waals surface area (Å²) in [5.74, 6) is 1.24. The number of benzene rings is 1. The number of nitrogens with one attached hydrogen (secondary N) is 1. The molecule has 1 fully saturated rings.